The Bertz CT molecular complexity index is 527. The largest absolute Gasteiger partial charge is 0.378 e. The van der Waals surface area contributed by atoms with Crippen LogP contribution in [0.4, 0.5) is 0 Å². The van der Waals surface area contributed by atoms with Crippen molar-refractivity contribution in [2.75, 3.05) is 6.61 Å². The lowest BCUT2D eigenvalue weighted by molar-refractivity contribution is -0.146. The number of carbonyl (C=O) groups is 1. The average molecular weight is 306 g/mol. The van der Waals surface area contributed by atoms with E-state index in [0.29, 0.717) is 23.1 Å². The normalized spacial score (nSPS) is 26.7. The summed E-state index contributed by atoms with van der Waals surface area (Å²) >= 11 is 0. The van der Waals surface area contributed by atoms with Crippen molar-refractivity contribution in [3.05, 3.63) is 17.0 Å². The van der Waals surface area contributed by atoms with Crippen LogP contribution in [0.5, 0.6) is 0 Å². The van der Waals surface area contributed by atoms with Crippen LogP contribution in [-0.2, 0) is 4.74 Å². The zero-order valence-corrected chi connectivity index (χ0v) is 13.8. The maximum Gasteiger partial charge on any atom is 0.257 e. The van der Waals surface area contributed by atoms with Gasteiger partial charge >= 0.3 is 0 Å². The SMILES string of the molecule is CCO[C@@H]1C[C@H](NC(=O)c2c(C)noc2C)C12CCCCC2. The van der Waals surface area contributed by atoms with Gasteiger partial charge in [0.1, 0.15) is 11.3 Å². The van der Waals surface area contributed by atoms with Gasteiger partial charge < -0.3 is 14.6 Å². The van der Waals surface area contributed by atoms with Crippen molar-refractivity contribution in [1.29, 1.82) is 0 Å². The summed E-state index contributed by atoms with van der Waals surface area (Å²) < 4.78 is 11.0. The minimum Gasteiger partial charge on any atom is -0.378 e. The average Bonchev–Trinajstić information content (AvgIpc) is 2.86. The van der Waals surface area contributed by atoms with Gasteiger partial charge in [0.05, 0.1) is 11.8 Å². The number of aryl methyl sites for hydroxylation is 2. The number of amides is 1. The molecule has 0 bridgehead atoms. The van der Waals surface area contributed by atoms with Crippen molar-refractivity contribution in [3.8, 4) is 0 Å². The predicted octanol–water partition coefficient (Wildman–Crippen LogP) is 3.15. The van der Waals surface area contributed by atoms with Crippen molar-refractivity contribution < 1.29 is 14.1 Å². The van der Waals surface area contributed by atoms with E-state index in [1.807, 2.05) is 13.8 Å². The van der Waals surface area contributed by atoms with Gasteiger partial charge in [-0.15, -0.1) is 0 Å². The van der Waals surface area contributed by atoms with E-state index < -0.39 is 0 Å². The van der Waals surface area contributed by atoms with Gasteiger partial charge in [-0.2, -0.15) is 0 Å². The van der Waals surface area contributed by atoms with Crippen molar-refractivity contribution in [2.45, 2.75) is 71.4 Å². The third-order valence-electron chi connectivity index (χ3n) is 5.50. The quantitative estimate of drug-likeness (QED) is 0.928. The molecule has 3 rings (SSSR count). The third kappa shape index (κ3) is 2.45. The molecule has 2 aliphatic carbocycles. The minimum atomic E-state index is -0.0545. The summed E-state index contributed by atoms with van der Waals surface area (Å²) in [5.41, 5.74) is 1.39. The molecular formula is C17H26N2O3. The van der Waals surface area contributed by atoms with Crippen LogP contribution in [-0.4, -0.2) is 29.8 Å². The molecular weight excluding hydrogens is 280 g/mol. The number of nitrogens with one attached hydrogen (secondary N) is 1. The summed E-state index contributed by atoms with van der Waals surface area (Å²) in [6.45, 7) is 6.39. The van der Waals surface area contributed by atoms with Gasteiger partial charge in [0.2, 0.25) is 0 Å². The fourth-order valence-electron chi connectivity index (χ4n) is 4.30. The van der Waals surface area contributed by atoms with Crippen LogP contribution in [0.1, 0.15) is 67.3 Å². The van der Waals surface area contributed by atoms with Crippen molar-refractivity contribution in [1.82, 2.24) is 10.5 Å². The Balaban J connectivity index is 1.73. The molecule has 1 amide bonds. The van der Waals surface area contributed by atoms with Crippen LogP contribution < -0.4 is 5.32 Å². The second kappa shape index (κ2) is 6.03. The fourth-order valence-corrected chi connectivity index (χ4v) is 4.30. The van der Waals surface area contributed by atoms with E-state index in [9.17, 15) is 4.79 Å². The highest BCUT2D eigenvalue weighted by atomic mass is 16.5. The molecule has 1 heterocycles. The highest BCUT2D eigenvalue weighted by Crippen LogP contribution is 2.53. The summed E-state index contributed by atoms with van der Waals surface area (Å²) in [7, 11) is 0. The number of carbonyl (C=O) groups excluding carboxylic acids is 1. The smallest absolute Gasteiger partial charge is 0.257 e. The first-order chi connectivity index (χ1) is 10.6. The summed E-state index contributed by atoms with van der Waals surface area (Å²) in [6.07, 6.45) is 7.30. The first kappa shape index (κ1) is 15.5. The van der Waals surface area contributed by atoms with Gasteiger partial charge in [-0.25, -0.2) is 0 Å². The number of rotatable bonds is 4. The first-order valence-corrected chi connectivity index (χ1v) is 8.44. The molecule has 0 unspecified atom stereocenters. The van der Waals surface area contributed by atoms with Gasteiger partial charge in [0.25, 0.3) is 5.91 Å². The molecule has 0 saturated heterocycles. The Hall–Kier alpha value is -1.36. The Morgan fingerprint density at radius 1 is 1.36 bits per heavy atom. The van der Waals surface area contributed by atoms with Crippen LogP contribution in [0.15, 0.2) is 4.52 Å². The maximum atomic E-state index is 12.6. The van der Waals surface area contributed by atoms with Gasteiger partial charge in [-0.05, 0) is 40.0 Å². The molecule has 1 aromatic heterocycles. The van der Waals surface area contributed by atoms with E-state index in [-0.39, 0.29) is 17.4 Å². The molecule has 0 aliphatic heterocycles. The Labute approximate surface area is 131 Å². The monoisotopic (exact) mass is 306 g/mol. The third-order valence-corrected chi connectivity index (χ3v) is 5.50. The number of hydrogen-bond donors (Lipinski definition) is 1. The number of aromatic nitrogens is 1. The van der Waals surface area contributed by atoms with Crippen LogP contribution >= 0.6 is 0 Å². The molecule has 1 aromatic rings. The molecule has 0 aromatic carbocycles. The van der Waals surface area contributed by atoms with E-state index in [1.165, 1.54) is 19.3 Å². The zero-order valence-electron chi connectivity index (χ0n) is 13.8. The lowest BCUT2D eigenvalue weighted by Crippen LogP contribution is -2.65. The number of ether oxygens (including phenoxy) is 1. The summed E-state index contributed by atoms with van der Waals surface area (Å²) in [5.74, 6) is 0.537. The summed E-state index contributed by atoms with van der Waals surface area (Å²) in [5, 5.41) is 7.11. The lowest BCUT2D eigenvalue weighted by Gasteiger charge is -2.57. The second-order valence-corrected chi connectivity index (χ2v) is 6.70. The molecule has 2 aliphatic rings. The molecule has 122 valence electrons. The van der Waals surface area contributed by atoms with E-state index >= 15 is 0 Å². The van der Waals surface area contributed by atoms with Crippen LogP contribution in [0.2, 0.25) is 0 Å². The summed E-state index contributed by atoms with van der Waals surface area (Å²) in [4.78, 5) is 12.6. The zero-order chi connectivity index (χ0) is 15.7. The number of hydrogen-bond acceptors (Lipinski definition) is 4. The van der Waals surface area contributed by atoms with E-state index in [1.54, 1.807) is 6.92 Å². The van der Waals surface area contributed by atoms with E-state index in [0.717, 1.165) is 25.9 Å². The standard InChI is InChI=1S/C17H26N2O3/c1-4-21-14-10-13(17(14)8-6-5-7-9-17)18-16(20)15-11(2)19-22-12(15)3/h13-14H,4-10H2,1-3H3,(H,18,20)/t13-,14+/m0/s1. The van der Waals surface area contributed by atoms with E-state index in [2.05, 4.69) is 10.5 Å². The highest BCUT2D eigenvalue weighted by molar-refractivity contribution is 5.96. The molecule has 22 heavy (non-hydrogen) atoms. The molecule has 0 radical (unpaired) electrons. The van der Waals surface area contributed by atoms with Crippen LogP contribution in [0.3, 0.4) is 0 Å². The first-order valence-electron chi connectivity index (χ1n) is 8.44. The van der Waals surface area contributed by atoms with Crippen LogP contribution in [0.25, 0.3) is 0 Å². The fraction of sp³-hybridized carbons (Fsp3) is 0.765. The van der Waals surface area contributed by atoms with E-state index in [4.69, 9.17) is 9.26 Å². The molecule has 5 heteroatoms. The molecule has 2 fully saturated rings. The highest BCUT2D eigenvalue weighted by Gasteiger charge is 2.56. The van der Waals surface area contributed by atoms with Crippen LogP contribution in [0, 0.1) is 19.3 Å². The summed E-state index contributed by atoms with van der Waals surface area (Å²) in [6, 6.07) is 0.213. The Morgan fingerprint density at radius 2 is 2.09 bits per heavy atom. The number of nitrogens with zero attached hydrogens (tertiary/aromatic N) is 1. The molecule has 2 saturated carbocycles. The van der Waals surface area contributed by atoms with Gasteiger partial charge in [0.15, 0.2) is 0 Å². The van der Waals surface area contributed by atoms with Gasteiger partial charge in [0, 0.05) is 18.1 Å². The van der Waals surface area contributed by atoms with Crippen molar-refractivity contribution >= 4 is 5.91 Å². The molecule has 2 atom stereocenters. The predicted molar refractivity (Wildman–Crippen MR) is 82.8 cm³/mol. The maximum absolute atomic E-state index is 12.6. The second-order valence-electron chi connectivity index (χ2n) is 6.70. The lowest BCUT2D eigenvalue weighted by atomic mass is 9.55. The van der Waals surface area contributed by atoms with Crippen molar-refractivity contribution in [3.63, 3.8) is 0 Å². The molecule has 5 nitrogen and oxygen atoms in total. The van der Waals surface area contributed by atoms with Gasteiger partial charge in [-0.1, -0.05) is 24.4 Å². The minimum absolute atomic E-state index is 0.0545. The Morgan fingerprint density at radius 3 is 2.68 bits per heavy atom. The topological polar surface area (TPSA) is 64.4 Å². The molecule has 1 spiro atoms. The molecule has 1 N–H and O–H groups in total. The Kier molecular flexibility index (Phi) is 4.26. The van der Waals surface area contributed by atoms with Crippen molar-refractivity contribution in [2.24, 2.45) is 5.41 Å². The van der Waals surface area contributed by atoms with Gasteiger partial charge in [-0.3, -0.25) is 4.79 Å².